The summed E-state index contributed by atoms with van der Waals surface area (Å²) in [5, 5.41) is 2.78. The zero-order valence-corrected chi connectivity index (χ0v) is 11.2. The third-order valence-electron chi connectivity index (χ3n) is 2.75. The van der Waals surface area contributed by atoms with Crippen LogP contribution in [-0.2, 0) is 9.53 Å². The standard InChI is InChI=1S/C14H19NO3/c1-9-6-5-7-12(13(9)11(3)16)15-14(17)10(2)8-18-4/h5-7,10H,8H2,1-4H3,(H,15,17)/t10-/m1/s1. The first-order valence-electron chi connectivity index (χ1n) is 5.87. The normalized spacial score (nSPS) is 12.0. The van der Waals surface area contributed by atoms with Crippen molar-refractivity contribution in [3.63, 3.8) is 0 Å². The van der Waals surface area contributed by atoms with Crippen molar-refractivity contribution < 1.29 is 14.3 Å². The molecule has 0 heterocycles. The van der Waals surface area contributed by atoms with Crippen molar-refractivity contribution in [2.75, 3.05) is 19.0 Å². The Labute approximate surface area is 107 Å². The lowest BCUT2D eigenvalue weighted by Gasteiger charge is -2.14. The largest absolute Gasteiger partial charge is 0.384 e. The van der Waals surface area contributed by atoms with Gasteiger partial charge in [-0.1, -0.05) is 19.1 Å². The molecular weight excluding hydrogens is 230 g/mol. The highest BCUT2D eigenvalue weighted by molar-refractivity contribution is 6.05. The van der Waals surface area contributed by atoms with Crippen LogP contribution in [0.3, 0.4) is 0 Å². The molecule has 1 amide bonds. The van der Waals surface area contributed by atoms with Crippen LogP contribution in [0.25, 0.3) is 0 Å². The van der Waals surface area contributed by atoms with Crippen molar-refractivity contribution in [3.8, 4) is 0 Å². The van der Waals surface area contributed by atoms with Gasteiger partial charge in [-0.05, 0) is 25.5 Å². The minimum Gasteiger partial charge on any atom is -0.384 e. The second kappa shape index (κ2) is 6.31. The van der Waals surface area contributed by atoms with Crippen molar-refractivity contribution in [2.45, 2.75) is 20.8 Å². The van der Waals surface area contributed by atoms with Gasteiger partial charge in [-0.15, -0.1) is 0 Å². The van der Waals surface area contributed by atoms with Crippen LogP contribution in [0.15, 0.2) is 18.2 Å². The second-order valence-electron chi connectivity index (χ2n) is 4.40. The number of anilines is 1. The van der Waals surface area contributed by atoms with Crippen LogP contribution < -0.4 is 5.32 Å². The number of aryl methyl sites for hydroxylation is 1. The van der Waals surface area contributed by atoms with E-state index in [4.69, 9.17) is 4.74 Å². The molecule has 1 atom stereocenters. The van der Waals surface area contributed by atoms with Gasteiger partial charge in [-0.2, -0.15) is 0 Å². The number of carbonyl (C=O) groups is 2. The molecule has 1 rings (SSSR count). The van der Waals surface area contributed by atoms with Gasteiger partial charge in [-0.25, -0.2) is 0 Å². The van der Waals surface area contributed by atoms with E-state index in [0.717, 1.165) is 5.56 Å². The zero-order valence-electron chi connectivity index (χ0n) is 11.2. The highest BCUT2D eigenvalue weighted by atomic mass is 16.5. The van der Waals surface area contributed by atoms with E-state index in [1.807, 2.05) is 19.1 Å². The summed E-state index contributed by atoms with van der Waals surface area (Å²) in [6, 6.07) is 5.41. The molecule has 4 nitrogen and oxygen atoms in total. The summed E-state index contributed by atoms with van der Waals surface area (Å²) in [6.45, 7) is 5.48. The topological polar surface area (TPSA) is 55.4 Å². The van der Waals surface area contributed by atoms with Gasteiger partial charge in [0.15, 0.2) is 5.78 Å². The molecule has 0 bridgehead atoms. The van der Waals surface area contributed by atoms with Crippen molar-refractivity contribution in [3.05, 3.63) is 29.3 Å². The van der Waals surface area contributed by atoms with Crippen LogP contribution >= 0.6 is 0 Å². The summed E-state index contributed by atoms with van der Waals surface area (Å²) in [5.41, 5.74) is 1.99. The average Bonchev–Trinajstić information content (AvgIpc) is 2.28. The number of Topliss-reactive ketones (excluding diaryl/α,β-unsaturated/α-hetero) is 1. The lowest BCUT2D eigenvalue weighted by atomic mass is 10.0. The number of rotatable bonds is 5. The van der Waals surface area contributed by atoms with E-state index >= 15 is 0 Å². The molecule has 18 heavy (non-hydrogen) atoms. The van der Waals surface area contributed by atoms with Gasteiger partial charge in [0, 0.05) is 12.7 Å². The summed E-state index contributed by atoms with van der Waals surface area (Å²) >= 11 is 0. The molecule has 0 unspecified atom stereocenters. The Hall–Kier alpha value is -1.68. The molecule has 0 spiro atoms. The van der Waals surface area contributed by atoms with Crippen LogP contribution in [0.2, 0.25) is 0 Å². The molecule has 0 aromatic heterocycles. The molecule has 4 heteroatoms. The minimum atomic E-state index is -0.254. The Morgan fingerprint density at radius 2 is 2.06 bits per heavy atom. The number of ketones is 1. The van der Waals surface area contributed by atoms with Crippen molar-refractivity contribution in [1.29, 1.82) is 0 Å². The summed E-state index contributed by atoms with van der Waals surface area (Å²) in [6.07, 6.45) is 0. The SMILES string of the molecule is COC[C@@H](C)C(=O)Nc1cccc(C)c1C(C)=O. The van der Waals surface area contributed by atoms with Crippen LogP contribution in [-0.4, -0.2) is 25.4 Å². The Kier molecular flexibility index (Phi) is 5.04. The number of amides is 1. The lowest BCUT2D eigenvalue weighted by Crippen LogP contribution is -2.24. The summed E-state index contributed by atoms with van der Waals surface area (Å²) in [7, 11) is 1.55. The highest BCUT2D eigenvalue weighted by Crippen LogP contribution is 2.20. The fourth-order valence-electron chi connectivity index (χ4n) is 1.82. The molecule has 1 aromatic rings. The molecule has 0 aliphatic heterocycles. The van der Waals surface area contributed by atoms with E-state index in [2.05, 4.69) is 5.32 Å². The molecule has 0 fully saturated rings. The van der Waals surface area contributed by atoms with Gasteiger partial charge in [0.2, 0.25) is 5.91 Å². The van der Waals surface area contributed by atoms with Gasteiger partial charge < -0.3 is 10.1 Å². The molecule has 0 aliphatic rings. The molecule has 0 saturated heterocycles. The van der Waals surface area contributed by atoms with Gasteiger partial charge in [-0.3, -0.25) is 9.59 Å². The molecule has 1 N–H and O–H groups in total. The predicted octanol–water partition coefficient (Wildman–Crippen LogP) is 2.42. The van der Waals surface area contributed by atoms with Gasteiger partial charge in [0.1, 0.15) is 0 Å². The Morgan fingerprint density at radius 1 is 1.39 bits per heavy atom. The number of hydrogen-bond acceptors (Lipinski definition) is 3. The Balaban J connectivity index is 2.94. The minimum absolute atomic E-state index is 0.0530. The maximum atomic E-state index is 11.9. The maximum absolute atomic E-state index is 11.9. The highest BCUT2D eigenvalue weighted by Gasteiger charge is 2.16. The zero-order chi connectivity index (χ0) is 13.7. The fraction of sp³-hybridized carbons (Fsp3) is 0.429. The second-order valence-corrected chi connectivity index (χ2v) is 4.40. The Bertz CT molecular complexity index is 454. The molecular formula is C14H19NO3. The first-order chi connectivity index (χ1) is 8.47. The summed E-state index contributed by atoms with van der Waals surface area (Å²) in [4.78, 5) is 23.5. The quantitative estimate of drug-likeness (QED) is 0.815. The average molecular weight is 249 g/mol. The number of benzene rings is 1. The van der Waals surface area contributed by atoms with Crippen molar-refractivity contribution in [2.24, 2.45) is 5.92 Å². The van der Waals surface area contributed by atoms with E-state index in [9.17, 15) is 9.59 Å². The summed E-state index contributed by atoms with van der Waals surface area (Å²) < 4.78 is 4.94. The summed E-state index contributed by atoms with van der Waals surface area (Å²) in [5.74, 6) is -0.455. The van der Waals surface area contributed by atoms with Gasteiger partial charge >= 0.3 is 0 Å². The molecule has 0 radical (unpaired) electrons. The van der Waals surface area contributed by atoms with Crippen molar-refractivity contribution in [1.82, 2.24) is 0 Å². The Morgan fingerprint density at radius 3 is 2.61 bits per heavy atom. The van der Waals surface area contributed by atoms with Crippen LogP contribution in [0.4, 0.5) is 5.69 Å². The van der Waals surface area contributed by atoms with E-state index in [-0.39, 0.29) is 17.6 Å². The predicted molar refractivity (Wildman–Crippen MR) is 70.9 cm³/mol. The molecule has 0 saturated carbocycles. The first kappa shape index (κ1) is 14.4. The lowest BCUT2D eigenvalue weighted by molar-refractivity contribution is -0.120. The number of nitrogens with one attached hydrogen (secondary N) is 1. The maximum Gasteiger partial charge on any atom is 0.229 e. The monoisotopic (exact) mass is 249 g/mol. The van der Waals surface area contributed by atoms with E-state index in [1.165, 1.54) is 6.92 Å². The van der Waals surface area contributed by atoms with Gasteiger partial charge in [0.25, 0.3) is 0 Å². The van der Waals surface area contributed by atoms with Crippen LogP contribution in [0.5, 0.6) is 0 Å². The number of hydrogen-bond donors (Lipinski definition) is 1. The third-order valence-corrected chi connectivity index (χ3v) is 2.75. The van der Waals surface area contributed by atoms with E-state index in [1.54, 1.807) is 20.1 Å². The number of ether oxygens (including phenoxy) is 1. The van der Waals surface area contributed by atoms with E-state index in [0.29, 0.717) is 17.9 Å². The van der Waals surface area contributed by atoms with E-state index < -0.39 is 0 Å². The molecule has 98 valence electrons. The van der Waals surface area contributed by atoms with Gasteiger partial charge in [0.05, 0.1) is 18.2 Å². The van der Waals surface area contributed by atoms with Crippen LogP contribution in [0.1, 0.15) is 29.8 Å². The molecule has 0 aliphatic carbocycles. The third kappa shape index (κ3) is 3.40. The first-order valence-corrected chi connectivity index (χ1v) is 5.87. The smallest absolute Gasteiger partial charge is 0.229 e. The van der Waals surface area contributed by atoms with Crippen molar-refractivity contribution >= 4 is 17.4 Å². The van der Waals surface area contributed by atoms with Crippen LogP contribution in [0, 0.1) is 12.8 Å². The molecule has 1 aromatic carbocycles. The fourth-order valence-corrected chi connectivity index (χ4v) is 1.82. The number of carbonyl (C=O) groups excluding carboxylic acids is 2. The number of methoxy groups -OCH3 is 1.